The highest BCUT2D eigenvalue weighted by Gasteiger charge is 2.08. The van der Waals surface area contributed by atoms with Crippen molar-refractivity contribution in [3.63, 3.8) is 0 Å². The number of hydrogen-bond donors (Lipinski definition) is 2. The Morgan fingerprint density at radius 3 is 2.48 bits per heavy atom. The van der Waals surface area contributed by atoms with Crippen LogP contribution in [0.5, 0.6) is 0 Å². The van der Waals surface area contributed by atoms with Gasteiger partial charge in [0.2, 0.25) is 0 Å². The molecule has 0 radical (unpaired) electrons. The number of aromatic nitrogens is 3. The highest BCUT2D eigenvalue weighted by Crippen LogP contribution is 2.21. The van der Waals surface area contributed by atoms with E-state index in [1.54, 1.807) is 0 Å². The van der Waals surface area contributed by atoms with E-state index in [2.05, 4.69) is 46.7 Å². The molecule has 0 amide bonds. The van der Waals surface area contributed by atoms with Crippen molar-refractivity contribution in [2.75, 3.05) is 11.9 Å². The lowest BCUT2D eigenvalue weighted by Crippen LogP contribution is -2.07. The predicted molar refractivity (Wildman–Crippen MR) is 110 cm³/mol. The molecule has 0 saturated heterocycles. The summed E-state index contributed by atoms with van der Waals surface area (Å²) in [6.45, 7) is 1.42. The van der Waals surface area contributed by atoms with Crippen LogP contribution in [0.2, 0.25) is 0 Å². The standard InChI is InChI=1S/C22H23N5/c23-15-18-8-10-19(11-9-18)20-16-25-22-13-12-21(26-27(20)22)24-14-4-7-17-5-2-1-3-6-17/h1-3,5-6,8-13,16H,4,7,14-15,23H2,(H,24,26). The summed E-state index contributed by atoms with van der Waals surface area (Å²) in [5.74, 6) is 0.855. The van der Waals surface area contributed by atoms with E-state index in [9.17, 15) is 0 Å². The molecule has 0 aliphatic heterocycles. The Labute approximate surface area is 158 Å². The summed E-state index contributed by atoms with van der Waals surface area (Å²) < 4.78 is 1.89. The van der Waals surface area contributed by atoms with Crippen molar-refractivity contribution in [1.82, 2.24) is 14.6 Å². The topological polar surface area (TPSA) is 68.2 Å². The first kappa shape index (κ1) is 17.2. The molecular weight excluding hydrogens is 334 g/mol. The smallest absolute Gasteiger partial charge is 0.154 e. The number of anilines is 1. The SMILES string of the molecule is NCc1ccc(-c2cnc3ccc(NCCCc4ccccc4)nn23)cc1. The molecule has 27 heavy (non-hydrogen) atoms. The van der Waals surface area contributed by atoms with Gasteiger partial charge >= 0.3 is 0 Å². The van der Waals surface area contributed by atoms with Crippen LogP contribution in [0.25, 0.3) is 16.9 Å². The highest BCUT2D eigenvalue weighted by molar-refractivity contribution is 5.63. The number of rotatable bonds is 7. The average molecular weight is 357 g/mol. The largest absolute Gasteiger partial charge is 0.369 e. The second-order valence-corrected chi connectivity index (χ2v) is 6.55. The van der Waals surface area contributed by atoms with Crippen LogP contribution in [-0.4, -0.2) is 21.1 Å². The van der Waals surface area contributed by atoms with Gasteiger partial charge in [-0.1, -0.05) is 54.6 Å². The number of nitrogens with two attached hydrogens (primary N) is 1. The van der Waals surface area contributed by atoms with E-state index in [0.717, 1.165) is 47.7 Å². The van der Waals surface area contributed by atoms with E-state index in [0.29, 0.717) is 6.54 Å². The lowest BCUT2D eigenvalue weighted by Gasteiger charge is -2.08. The zero-order chi connectivity index (χ0) is 18.5. The zero-order valence-corrected chi connectivity index (χ0v) is 15.2. The third-order valence-corrected chi connectivity index (χ3v) is 4.64. The summed E-state index contributed by atoms with van der Waals surface area (Å²) in [5, 5.41) is 8.13. The maximum Gasteiger partial charge on any atom is 0.154 e. The molecule has 0 saturated carbocycles. The van der Waals surface area contributed by atoms with Gasteiger partial charge in [-0.3, -0.25) is 0 Å². The van der Waals surface area contributed by atoms with Crippen LogP contribution in [0.15, 0.2) is 72.9 Å². The van der Waals surface area contributed by atoms with Gasteiger partial charge in [-0.25, -0.2) is 9.50 Å². The number of hydrogen-bond acceptors (Lipinski definition) is 4. The van der Waals surface area contributed by atoms with E-state index >= 15 is 0 Å². The van der Waals surface area contributed by atoms with Crippen LogP contribution >= 0.6 is 0 Å². The molecule has 0 fully saturated rings. The van der Waals surface area contributed by atoms with Crippen LogP contribution in [0.1, 0.15) is 17.5 Å². The molecule has 5 heteroatoms. The molecule has 0 unspecified atom stereocenters. The molecule has 4 aromatic rings. The molecule has 4 rings (SSSR count). The van der Waals surface area contributed by atoms with Crippen molar-refractivity contribution in [1.29, 1.82) is 0 Å². The van der Waals surface area contributed by atoms with Gasteiger partial charge in [0.15, 0.2) is 5.65 Å². The number of imidazole rings is 1. The Kier molecular flexibility index (Phi) is 5.12. The van der Waals surface area contributed by atoms with E-state index in [1.165, 1.54) is 5.56 Å². The van der Waals surface area contributed by atoms with Gasteiger partial charge in [-0.2, -0.15) is 0 Å². The van der Waals surface area contributed by atoms with Crippen LogP contribution in [-0.2, 0) is 13.0 Å². The molecule has 2 aromatic carbocycles. The number of aryl methyl sites for hydroxylation is 1. The van der Waals surface area contributed by atoms with Crippen LogP contribution in [0.3, 0.4) is 0 Å². The van der Waals surface area contributed by atoms with Crippen LogP contribution < -0.4 is 11.1 Å². The molecule has 5 nitrogen and oxygen atoms in total. The molecule has 0 aliphatic rings. The molecule has 2 heterocycles. The summed E-state index contributed by atoms with van der Waals surface area (Å²) in [4.78, 5) is 4.46. The van der Waals surface area contributed by atoms with Gasteiger partial charge in [0.1, 0.15) is 5.82 Å². The first-order valence-corrected chi connectivity index (χ1v) is 9.25. The fraction of sp³-hybridized carbons (Fsp3) is 0.182. The molecular formula is C22H23N5. The van der Waals surface area contributed by atoms with Gasteiger partial charge in [0, 0.05) is 18.7 Å². The Balaban J connectivity index is 1.46. The Morgan fingerprint density at radius 2 is 1.70 bits per heavy atom. The lowest BCUT2D eigenvalue weighted by molar-refractivity contribution is 0.847. The summed E-state index contributed by atoms with van der Waals surface area (Å²) in [7, 11) is 0. The van der Waals surface area contributed by atoms with Crippen molar-refractivity contribution in [3.05, 3.63) is 84.1 Å². The van der Waals surface area contributed by atoms with Gasteiger partial charge in [-0.15, -0.1) is 5.10 Å². The molecule has 3 N–H and O–H groups in total. The maximum absolute atomic E-state index is 5.69. The first-order valence-electron chi connectivity index (χ1n) is 9.25. The second kappa shape index (κ2) is 8.01. The van der Waals surface area contributed by atoms with E-state index in [1.807, 2.05) is 41.0 Å². The summed E-state index contributed by atoms with van der Waals surface area (Å²) in [6, 6.07) is 22.7. The Hall–Kier alpha value is -3.18. The summed E-state index contributed by atoms with van der Waals surface area (Å²) >= 11 is 0. The molecule has 0 spiro atoms. The van der Waals surface area contributed by atoms with Crippen molar-refractivity contribution in [2.45, 2.75) is 19.4 Å². The Bertz CT molecular complexity index is 1010. The fourth-order valence-corrected chi connectivity index (χ4v) is 3.13. The van der Waals surface area contributed by atoms with E-state index in [-0.39, 0.29) is 0 Å². The van der Waals surface area contributed by atoms with E-state index < -0.39 is 0 Å². The lowest BCUT2D eigenvalue weighted by atomic mass is 10.1. The summed E-state index contributed by atoms with van der Waals surface area (Å²) in [6.07, 6.45) is 3.97. The minimum atomic E-state index is 0.544. The van der Waals surface area contributed by atoms with Crippen molar-refractivity contribution < 1.29 is 0 Å². The highest BCUT2D eigenvalue weighted by atomic mass is 15.3. The Morgan fingerprint density at radius 1 is 0.889 bits per heavy atom. The van der Waals surface area contributed by atoms with Gasteiger partial charge in [0.05, 0.1) is 11.9 Å². The van der Waals surface area contributed by atoms with E-state index in [4.69, 9.17) is 10.8 Å². The van der Waals surface area contributed by atoms with Gasteiger partial charge in [-0.05, 0) is 36.1 Å². The van der Waals surface area contributed by atoms with Crippen molar-refractivity contribution in [3.8, 4) is 11.3 Å². The van der Waals surface area contributed by atoms with Crippen molar-refractivity contribution in [2.24, 2.45) is 5.73 Å². The first-order chi connectivity index (χ1) is 13.3. The van der Waals surface area contributed by atoms with Crippen molar-refractivity contribution >= 4 is 11.5 Å². The summed E-state index contributed by atoms with van der Waals surface area (Å²) in [5.41, 5.74) is 11.0. The third-order valence-electron chi connectivity index (χ3n) is 4.64. The average Bonchev–Trinajstić information content (AvgIpc) is 3.15. The number of nitrogens with one attached hydrogen (secondary N) is 1. The predicted octanol–water partition coefficient (Wildman–Crippen LogP) is 3.90. The van der Waals surface area contributed by atoms with Crippen LogP contribution in [0.4, 0.5) is 5.82 Å². The fourth-order valence-electron chi connectivity index (χ4n) is 3.13. The zero-order valence-electron chi connectivity index (χ0n) is 15.2. The van der Waals surface area contributed by atoms with Crippen LogP contribution in [0, 0.1) is 0 Å². The molecule has 136 valence electrons. The molecule has 0 bridgehead atoms. The quantitative estimate of drug-likeness (QED) is 0.492. The third kappa shape index (κ3) is 3.99. The number of nitrogens with zero attached hydrogens (tertiary/aromatic N) is 3. The minimum absolute atomic E-state index is 0.544. The number of fused-ring (bicyclic) bond motifs is 1. The van der Waals surface area contributed by atoms with Gasteiger partial charge < -0.3 is 11.1 Å². The maximum atomic E-state index is 5.69. The second-order valence-electron chi connectivity index (χ2n) is 6.55. The monoisotopic (exact) mass is 357 g/mol. The molecule has 2 aromatic heterocycles. The molecule has 0 aliphatic carbocycles. The minimum Gasteiger partial charge on any atom is -0.369 e. The normalized spacial score (nSPS) is 11.0. The number of benzene rings is 2. The molecule has 0 atom stereocenters. The van der Waals surface area contributed by atoms with Gasteiger partial charge in [0.25, 0.3) is 0 Å².